The largest absolute Gasteiger partial charge is 0.508 e. The number of hydrogen-bond acceptors (Lipinski definition) is 6. The van der Waals surface area contributed by atoms with Crippen LogP contribution in [0.5, 0.6) is 11.5 Å². The van der Waals surface area contributed by atoms with Gasteiger partial charge in [0.2, 0.25) is 0 Å². The van der Waals surface area contributed by atoms with Gasteiger partial charge in [0.15, 0.2) is 11.3 Å². The molecule has 8 heteroatoms. The van der Waals surface area contributed by atoms with E-state index in [2.05, 4.69) is 0 Å². The van der Waals surface area contributed by atoms with Gasteiger partial charge in [0.1, 0.15) is 21.8 Å². The van der Waals surface area contributed by atoms with Gasteiger partial charge in [0, 0.05) is 22.0 Å². The van der Waals surface area contributed by atoms with E-state index >= 15 is 0 Å². The highest BCUT2D eigenvalue weighted by molar-refractivity contribution is 7.99. The molecule has 0 amide bonds. The third kappa shape index (κ3) is 3.12. The molecule has 2 heterocycles. The minimum Gasteiger partial charge on any atom is -0.508 e. The second-order valence-corrected chi connectivity index (χ2v) is 8.03. The number of phenolic OH excluding ortho intramolecular Hbond substituents is 1. The third-order valence-electron chi connectivity index (χ3n) is 5.01. The Morgan fingerprint density at radius 2 is 1.62 bits per heavy atom. The molecule has 32 heavy (non-hydrogen) atoms. The Morgan fingerprint density at radius 3 is 2.38 bits per heavy atom. The molecule has 0 saturated carbocycles. The van der Waals surface area contributed by atoms with Crippen LogP contribution in [0.4, 0.5) is 4.39 Å². The van der Waals surface area contributed by atoms with Gasteiger partial charge in [-0.15, -0.1) is 0 Å². The van der Waals surface area contributed by atoms with E-state index in [1.807, 2.05) is 0 Å². The number of halogens is 1. The average molecular weight is 447 g/mol. The van der Waals surface area contributed by atoms with Gasteiger partial charge in [-0.05, 0) is 36.4 Å². The molecule has 0 aliphatic carbocycles. The Morgan fingerprint density at radius 1 is 0.906 bits per heavy atom. The fourth-order valence-electron chi connectivity index (χ4n) is 3.57. The first-order valence-corrected chi connectivity index (χ1v) is 10.3. The van der Waals surface area contributed by atoms with E-state index in [-0.39, 0.29) is 26.5 Å². The first kappa shape index (κ1) is 19.9. The molecule has 2 aromatic heterocycles. The van der Waals surface area contributed by atoms with Crippen LogP contribution in [0.3, 0.4) is 0 Å². The van der Waals surface area contributed by atoms with E-state index < -0.39 is 22.8 Å². The van der Waals surface area contributed by atoms with E-state index in [1.54, 1.807) is 36.4 Å². The first-order valence-electron chi connectivity index (χ1n) is 9.51. The van der Waals surface area contributed by atoms with Crippen LogP contribution >= 0.6 is 11.8 Å². The van der Waals surface area contributed by atoms with Crippen LogP contribution in [0.1, 0.15) is 0 Å². The third-order valence-corrected chi connectivity index (χ3v) is 6.12. The molecule has 0 bridgehead atoms. The molecule has 5 rings (SSSR count). The number of benzene rings is 3. The number of rotatable bonds is 3. The summed E-state index contributed by atoms with van der Waals surface area (Å²) in [6.45, 7) is 0. The topological polar surface area (TPSA) is 92.7 Å². The van der Waals surface area contributed by atoms with Crippen LogP contribution in [0.25, 0.3) is 27.6 Å². The first-order chi connectivity index (χ1) is 15.5. The summed E-state index contributed by atoms with van der Waals surface area (Å²) in [5.74, 6) is -1.25. The minimum absolute atomic E-state index is 0.0840. The number of fused-ring (bicyclic) bond motifs is 3. The summed E-state index contributed by atoms with van der Waals surface area (Å²) in [4.78, 5) is 26.1. The summed E-state index contributed by atoms with van der Waals surface area (Å²) in [6, 6.07) is 18.7. The summed E-state index contributed by atoms with van der Waals surface area (Å²) in [6.07, 6.45) is 0. The standard InChI is InChI=1S/C24H14FNO5S/c25-16-8-4-5-9-18(16)32-22-20(28)19-21(31-24(22)30)15-11-10-14(27)12-17(15)26(23(19)29)13-6-2-1-3-7-13/h1-12,27-28H. The molecule has 0 aliphatic heterocycles. The monoisotopic (exact) mass is 447 g/mol. The van der Waals surface area contributed by atoms with Crippen molar-refractivity contribution < 1.29 is 19.0 Å². The number of phenols is 1. The molecule has 0 saturated heterocycles. The summed E-state index contributed by atoms with van der Waals surface area (Å²) < 4.78 is 20.9. The normalized spacial score (nSPS) is 11.3. The van der Waals surface area contributed by atoms with E-state index in [1.165, 1.54) is 41.0 Å². The van der Waals surface area contributed by atoms with Crippen molar-refractivity contribution in [1.29, 1.82) is 0 Å². The van der Waals surface area contributed by atoms with Crippen LogP contribution in [0.15, 0.2) is 96.6 Å². The van der Waals surface area contributed by atoms with E-state index in [0.717, 1.165) is 0 Å². The van der Waals surface area contributed by atoms with Crippen LogP contribution in [-0.4, -0.2) is 14.8 Å². The number of aromatic hydroxyl groups is 2. The predicted molar refractivity (Wildman–Crippen MR) is 119 cm³/mol. The van der Waals surface area contributed by atoms with Crippen molar-refractivity contribution in [2.75, 3.05) is 0 Å². The molecule has 0 spiro atoms. The maximum absolute atomic E-state index is 14.1. The van der Waals surface area contributed by atoms with Gasteiger partial charge in [-0.2, -0.15) is 0 Å². The van der Waals surface area contributed by atoms with Crippen molar-refractivity contribution >= 4 is 33.6 Å². The Bertz CT molecular complexity index is 1630. The number of aromatic nitrogens is 1. The molecule has 0 aliphatic rings. The molecular formula is C24H14FNO5S. The fraction of sp³-hybridized carbons (Fsp3) is 0. The van der Waals surface area contributed by atoms with Crippen molar-refractivity contribution in [2.24, 2.45) is 0 Å². The molecule has 3 aromatic carbocycles. The summed E-state index contributed by atoms with van der Waals surface area (Å²) in [5.41, 5.74) is -0.886. The second kappa shape index (κ2) is 7.58. The number of nitrogens with zero attached hydrogens (tertiary/aromatic N) is 1. The van der Waals surface area contributed by atoms with Crippen molar-refractivity contribution in [3.63, 3.8) is 0 Å². The molecular weight excluding hydrogens is 433 g/mol. The van der Waals surface area contributed by atoms with Crippen LogP contribution in [0, 0.1) is 5.82 Å². The highest BCUT2D eigenvalue weighted by atomic mass is 32.2. The highest BCUT2D eigenvalue weighted by Crippen LogP contribution is 2.38. The molecule has 5 aromatic rings. The number of hydrogen-bond donors (Lipinski definition) is 2. The molecule has 0 radical (unpaired) electrons. The Hall–Kier alpha value is -4.04. The second-order valence-electron chi connectivity index (χ2n) is 6.98. The predicted octanol–water partition coefficient (Wildman–Crippen LogP) is 4.80. The maximum Gasteiger partial charge on any atom is 0.354 e. The molecule has 0 atom stereocenters. The van der Waals surface area contributed by atoms with Crippen molar-refractivity contribution in [2.45, 2.75) is 9.79 Å². The molecule has 0 fully saturated rings. The van der Waals surface area contributed by atoms with Gasteiger partial charge in [0.25, 0.3) is 5.56 Å². The molecule has 0 unspecified atom stereocenters. The van der Waals surface area contributed by atoms with Crippen molar-refractivity contribution in [3.05, 3.63) is 99.4 Å². The maximum atomic E-state index is 14.1. The van der Waals surface area contributed by atoms with Crippen molar-refractivity contribution in [3.8, 4) is 17.2 Å². The smallest absolute Gasteiger partial charge is 0.354 e. The lowest BCUT2D eigenvalue weighted by atomic mass is 10.1. The molecule has 158 valence electrons. The molecule has 6 nitrogen and oxygen atoms in total. The Kier molecular flexibility index (Phi) is 4.71. The van der Waals surface area contributed by atoms with Gasteiger partial charge in [0.05, 0.1) is 5.52 Å². The lowest BCUT2D eigenvalue weighted by Crippen LogP contribution is -2.20. The lowest BCUT2D eigenvalue weighted by molar-refractivity contribution is 0.447. The summed E-state index contributed by atoms with van der Waals surface area (Å²) >= 11 is 0.681. The highest BCUT2D eigenvalue weighted by Gasteiger charge is 2.23. The van der Waals surface area contributed by atoms with Crippen molar-refractivity contribution in [1.82, 2.24) is 4.57 Å². The van der Waals surface area contributed by atoms with Crippen LogP contribution < -0.4 is 11.2 Å². The van der Waals surface area contributed by atoms with Crippen LogP contribution in [0.2, 0.25) is 0 Å². The minimum atomic E-state index is -0.908. The van der Waals surface area contributed by atoms with Gasteiger partial charge in [-0.1, -0.05) is 42.1 Å². The van der Waals surface area contributed by atoms with E-state index in [4.69, 9.17) is 4.42 Å². The summed E-state index contributed by atoms with van der Waals surface area (Å²) in [7, 11) is 0. The zero-order valence-corrected chi connectivity index (χ0v) is 17.1. The number of para-hydroxylation sites is 1. The summed E-state index contributed by atoms with van der Waals surface area (Å²) in [5, 5.41) is 21.1. The number of pyridine rings is 1. The quantitative estimate of drug-likeness (QED) is 0.386. The lowest BCUT2D eigenvalue weighted by Gasteiger charge is -2.14. The average Bonchev–Trinajstić information content (AvgIpc) is 2.78. The SMILES string of the molecule is O=c1oc2c(c(O)c1Sc1ccccc1F)c(=O)n(-c1ccccc1)c1cc(O)ccc21. The van der Waals surface area contributed by atoms with Crippen LogP contribution in [-0.2, 0) is 0 Å². The van der Waals surface area contributed by atoms with Gasteiger partial charge < -0.3 is 14.6 Å². The van der Waals surface area contributed by atoms with E-state index in [9.17, 15) is 24.2 Å². The van der Waals surface area contributed by atoms with Gasteiger partial charge in [-0.3, -0.25) is 9.36 Å². The Balaban J connectivity index is 1.90. The fourth-order valence-corrected chi connectivity index (χ4v) is 4.43. The molecule has 2 N–H and O–H groups in total. The zero-order valence-electron chi connectivity index (χ0n) is 16.3. The Labute approximate surface area is 183 Å². The zero-order chi connectivity index (χ0) is 22.4. The van der Waals surface area contributed by atoms with Gasteiger partial charge in [-0.25, -0.2) is 9.18 Å². The van der Waals surface area contributed by atoms with Gasteiger partial charge >= 0.3 is 5.63 Å². The van der Waals surface area contributed by atoms with E-state index in [0.29, 0.717) is 28.4 Å².